The van der Waals surface area contributed by atoms with Crippen molar-refractivity contribution in [2.45, 2.75) is 13.5 Å². The lowest BCUT2D eigenvalue weighted by Gasteiger charge is -2.30. The normalized spacial score (nSPS) is 14.2. The van der Waals surface area contributed by atoms with Crippen molar-refractivity contribution in [1.29, 1.82) is 0 Å². The molecule has 0 saturated carbocycles. The first kappa shape index (κ1) is 16.8. The van der Waals surface area contributed by atoms with E-state index in [0.29, 0.717) is 18.9 Å². The van der Waals surface area contributed by atoms with Crippen LogP contribution in [0, 0.1) is 6.92 Å². The molecule has 0 bridgehead atoms. The maximum atomic E-state index is 12.1. The molecular formula is C21H21NO4. The number of fused-ring (bicyclic) bond motifs is 2. The van der Waals surface area contributed by atoms with Gasteiger partial charge in [-0.25, -0.2) is 4.79 Å². The molecule has 5 nitrogen and oxygen atoms in total. The molecule has 0 spiro atoms. The van der Waals surface area contributed by atoms with Gasteiger partial charge in [0.15, 0.2) is 0 Å². The second-order valence-corrected chi connectivity index (χ2v) is 6.53. The second kappa shape index (κ2) is 6.94. The molecule has 1 aliphatic rings. The summed E-state index contributed by atoms with van der Waals surface area (Å²) in [6.07, 6.45) is 0. The van der Waals surface area contributed by atoms with E-state index in [1.807, 2.05) is 37.3 Å². The SMILES string of the molecule is COCCN1COc2c(cc3c(-c4ccccc4)cc(=O)oc3c2C)C1. The van der Waals surface area contributed by atoms with Gasteiger partial charge in [0.05, 0.1) is 6.61 Å². The minimum absolute atomic E-state index is 0.350. The summed E-state index contributed by atoms with van der Waals surface area (Å²) in [7, 11) is 1.70. The number of methoxy groups -OCH3 is 1. The van der Waals surface area contributed by atoms with Crippen LogP contribution in [-0.2, 0) is 11.3 Å². The van der Waals surface area contributed by atoms with Gasteiger partial charge in [0, 0.05) is 42.8 Å². The Hall–Kier alpha value is -2.63. The highest BCUT2D eigenvalue weighted by molar-refractivity contribution is 5.96. The first-order valence-corrected chi connectivity index (χ1v) is 8.67. The van der Waals surface area contributed by atoms with Gasteiger partial charge in [-0.05, 0) is 24.1 Å². The molecule has 0 unspecified atom stereocenters. The van der Waals surface area contributed by atoms with E-state index in [-0.39, 0.29) is 5.63 Å². The lowest BCUT2D eigenvalue weighted by molar-refractivity contribution is 0.0652. The number of hydrogen-bond donors (Lipinski definition) is 0. The molecule has 2 aromatic carbocycles. The van der Waals surface area contributed by atoms with Crippen molar-refractivity contribution in [1.82, 2.24) is 4.90 Å². The van der Waals surface area contributed by atoms with Gasteiger partial charge in [-0.15, -0.1) is 0 Å². The van der Waals surface area contributed by atoms with Crippen LogP contribution in [0.1, 0.15) is 11.1 Å². The topological polar surface area (TPSA) is 51.9 Å². The Kier molecular flexibility index (Phi) is 4.49. The van der Waals surface area contributed by atoms with E-state index in [2.05, 4.69) is 11.0 Å². The predicted molar refractivity (Wildman–Crippen MR) is 100 cm³/mol. The van der Waals surface area contributed by atoms with Crippen LogP contribution in [0.3, 0.4) is 0 Å². The third kappa shape index (κ3) is 3.00. The number of benzene rings is 2. The summed E-state index contributed by atoms with van der Waals surface area (Å²) in [6.45, 7) is 4.70. The minimum atomic E-state index is -0.350. The highest BCUT2D eigenvalue weighted by Gasteiger charge is 2.23. The first-order valence-electron chi connectivity index (χ1n) is 8.67. The summed E-state index contributed by atoms with van der Waals surface area (Å²) < 4.78 is 16.7. The van der Waals surface area contributed by atoms with E-state index in [4.69, 9.17) is 13.9 Å². The summed E-state index contributed by atoms with van der Waals surface area (Å²) in [5, 5.41) is 0.934. The van der Waals surface area contributed by atoms with Crippen molar-refractivity contribution in [2.24, 2.45) is 0 Å². The van der Waals surface area contributed by atoms with Crippen LogP contribution < -0.4 is 10.4 Å². The molecule has 134 valence electrons. The van der Waals surface area contributed by atoms with Crippen molar-refractivity contribution >= 4 is 11.0 Å². The monoisotopic (exact) mass is 351 g/mol. The molecule has 0 saturated heterocycles. The Bertz CT molecular complexity index is 994. The standard InChI is InChI=1S/C21H21NO4/c1-14-20-16(12-22(13-25-20)8-9-24-2)10-18-17(11-19(23)26-21(14)18)15-6-4-3-5-7-15/h3-7,10-11H,8-9,12-13H2,1-2H3. The molecule has 0 amide bonds. The lowest BCUT2D eigenvalue weighted by Crippen LogP contribution is -2.34. The van der Waals surface area contributed by atoms with Crippen molar-refractivity contribution < 1.29 is 13.9 Å². The summed E-state index contributed by atoms with van der Waals surface area (Å²) in [4.78, 5) is 14.3. The van der Waals surface area contributed by atoms with E-state index >= 15 is 0 Å². The molecule has 26 heavy (non-hydrogen) atoms. The van der Waals surface area contributed by atoms with Crippen molar-refractivity contribution in [2.75, 3.05) is 27.0 Å². The molecular weight excluding hydrogens is 330 g/mol. The molecule has 4 rings (SSSR count). The van der Waals surface area contributed by atoms with Gasteiger partial charge in [-0.3, -0.25) is 4.90 Å². The van der Waals surface area contributed by atoms with E-state index < -0.39 is 0 Å². The molecule has 0 N–H and O–H groups in total. The Morgan fingerprint density at radius 3 is 2.77 bits per heavy atom. The fraction of sp³-hybridized carbons (Fsp3) is 0.286. The highest BCUT2D eigenvalue weighted by Crippen LogP contribution is 2.38. The molecule has 0 atom stereocenters. The fourth-order valence-corrected chi connectivity index (χ4v) is 3.49. The maximum absolute atomic E-state index is 12.1. The van der Waals surface area contributed by atoms with Crippen molar-refractivity contribution in [3.05, 3.63) is 64.0 Å². The fourth-order valence-electron chi connectivity index (χ4n) is 3.49. The zero-order valence-electron chi connectivity index (χ0n) is 15.0. The second-order valence-electron chi connectivity index (χ2n) is 6.53. The number of aryl methyl sites for hydroxylation is 1. The summed E-state index contributed by atoms with van der Waals surface area (Å²) in [5.74, 6) is 0.819. The summed E-state index contributed by atoms with van der Waals surface area (Å²) in [5.41, 5.74) is 4.11. The maximum Gasteiger partial charge on any atom is 0.336 e. The lowest BCUT2D eigenvalue weighted by atomic mass is 9.97. The van der Waals surface area contributed by atoms with Crippen LogP contribution in [0.4, 0.5) is 0 Å². The van der Waals surface area contributed by atoms with Crippen LogP contribution in [0.5, 0.6) is 5.75 Å². The number of hydrogen-bond acceptors (Lipinski definition) is 5. The molecule has 5 heteroatoms. The Morgan fingerprint density at radius 2 is 2.00 bits per heavy atom. The molecule has 0 radical (unpaired) electrons. The van der Waals surface area contributed by atoms with Crippen LogP contribution in [0.2, 0.25) is 0 Å². The quantitative estimate of drug-likeness (QED) is 0.673. The smallest absolute Gasteiger partial charge is 0.336 e. The van der Waals surface area contributed by atoms with E-state index in [0.717, 1.165) is 46.5 Å². The summed E-state index contributed by atoms with van der Waals surface area (Å²) >= 11 is 0. The number of nitrogens with zero attached hydrogens (tertiary/aromatic N) is 1. The van der Waals surface area contributed by atoms with Crippen LogP contribution in [-0.4, -0.2) is 31.9 Å². The minimum Gasteiger partial charge on any atom is -0.477 e. The van der Waals surface area contributed by atoms with Gasteiger partial charge < -0.3 is 13.9 Å². The number of rotatable bonds is 4. The number of ether oxygens (including phenoxy) is 2. The molecule has 3 aromatic rings. The summed E-state index contributed by atoms with van der Waals surface area (Å²) in [6, 6.07) is 13.6. The third-order valence-electron chi connectivity index (χ3n) is 4.77. The molecule has 1 aliphatic heterocycles. The largest absolute Gasteiger partial charge is 0.477 e. The molecule has 2 heterocycles. The predicted octanol–water partition coefficient (Wildman–Crippen LogP) is 3.57. The Balaban J connectivity index is 1.88. The molecule has 0 aliphatic carbocycles. The zero-order chi connectivity index (χ0) is 18.1. The van der Waals surface area contributed by atoms with Crippen molar-refractivity contribution in [3.63, 3.8) is 0 Å². The van der Waals surface area contributed by atoms with E-state index in [1.165, 1.54) is 0 Å². The first-order chi connectivity index (χ1) is 12.7. The average molecular weight is 351 g/mol. The van der Waals surface area contributed by atoms with E-state index in [1.54, 1.807) is 13.2 Å². The van der Waals surface area contributed by atoms with Gasteiger partial charge in [-0.2, -0.15) is 0 Å². The van der Waals surface area contributed by atoms with Gasteiger partial charge in [0.2, 0.25) is 0 Å². The van der Waals surface area contributed by atoms with Gasteiger partial charge in [0.1, 0.15) is 18.1 Å². The van der Waals surface area contributed by atoms with Crippen LogP contribution >= 0.6 is 0 Å². The molecule has 0 fully saturated rings. The molecule has 1 aromatic heterocycles. The van der Waals surface area contributed by atoms with E-state index in [9.17, 15) is 4.79 Å². The van der Waals surface area contributed by atoms with Crippen LogP contribution in [0.15, 0.2) is 51.7 Å². The van der Waals surface area contributed by atoms with Gasteiger partial charge in [-0.1, -0.05) is 30.3 Å². The van der Waals surface area contributed by atoms with Crippen molar-refractivity contribution in [3.8, 4) is 16.9 Å². The Morgan fingerprint density at radius 1 is 1.19 bits per heavy atom. The van der Waals surface area contributed by atoms with Crippen LogP contribution in [0.25, 0.3) is 22.1 Å². The zero-order valence-corrected chi connectivity index (χ0v) is 15.0. The van der Waals surface area contributed by atoms with Gasteiger partial charge >= 0.3 is 5.63 Å². The van der Waals surface area contributed by atoms with Gasteiger partial charge in [0.25, 0.3) is 0 Å². The third-order valence-corrected chi connectivity index (χ3v) is 4.77. The Labute approximate surface area is 151 Å². The highest BCUT2D eigenvalue weighted by atomic mass is 16.5. The average Bonchev–Trinajstić information content (AvgIpc) is 2.67.